The van der Waals surface area contributed by atoms with E-state index in [2.05, 4.69) is 5.10 Å². The van der Waals surface area contributed by atoms with E-state index in [1.54, 1.807) is 26.8 Å². The van der Waals surface area contributed by atoms with E-state index in [4.69, 9.17) is 0 Å². The molecule has 2 nitrogen and oxygen atoms in total. The number of aromatic nitrogens is 2. The van der Waals surface area contributed by atoms with Gasteiger partial charge in [0, 0.05) is 6.54 Å². The van der Waals surface area contributed by atoms with Crippen LogP contribution in [-0.2, 0) is 12.7 Å². The quantitative estimate of drug-likeness (QED) is 0.744. The van der Waals surface area contributed by atoms with Gasteiger partial charge in [-0.1, -0.05) is 6.08 Å². The van der Waals surface area contributed by atoms with Gasteiger partial charge in [-0.3, -0.25) is 4.68 Å². The fourth-order valence-electron chi connectivity index (χ4n) is 1.26. The molecule has 84 valence electrons. The second-order valence-corrected chi connectivity index (χ2v) is 3.20. The molecule has 0 aliphatic rings. The molecule has 0 aliphatic heterocycles. The maximum Gasteiger partial charge on any atom is 0.435 e. The number of aryl methyl sites for hydroxylation is 1. The van der Waals surface area contributed by atoms with Gasteiger partial charge in [0.25, 0.3) is 0 Å². The van der Waals surface area contributed by atoms with Crippen LogP contribution in [0.1, 0.15) is 32.2 Å². The largest absolute Gasteiger partial charge is 0.435 e. The molecule has 0 aromatic carbocycles. The predicted molar refractivity (Wildman–Crippen MR) is 52.2 cm³/mol. The summed E-state index contributed by atoms with van der Waals surface area (Å²) in [7, 11) is 0. The topological polar surface area (TPSA) is 17.8 Å². The number of halogens is 3. The van der Waals surface area contributed by atoms with Gasteiger partial charge in [0.15, 0.2) is 5.69 Å². The van der Waals surface area contributed by atoms with Gasteiger partial charge in [-0.15, -0.1) is 0 Å². The zero-order valence-electron chi connectivity index (χ0n) is 8.89. The first-order chi connectivity index (χ1) is 6.90. The predicted octanol–water partition coefficient (Wildman–Crippen LogP) is 3.35. The van der Waals surface area contributed by atoms with E-state index in [1.807, 2.05) is 0 Å². The van der Waals surface area contributed by atoms with Crippen LogP contribution in [0.3, 0.4) is 0 Å². The van der Waals surface area contributed by atoms with Crippen LogP contribution >= 0.6 is 0 Å². The average Bonchev–Trinajstić information content (AvgIpc) is 2.59. The molecule has 0 unspecified atom stereocenters. The summed E-state index contributed by atoms with van der Waals surface area (Å²) in [6.07, 6.45) is -2.60. The van der Waals surface area contributed by atoms with Crippen LogP contribution in [0.2, 0.25) is 0 Å². The smallest absolute Gasteiger partial charge is 0.265 e. The summed E-state index contributed by atoms with van der Waals surface area (Å²) in [6.45, 7) is 5.75. The van der Waals surface area contributed by atoms with Gasteiger partial charge in [-0.2, -0.15) is 18.3 Å². The molecule has 0 amide bonds. The molecule has 0 atom stereocenters. The van der Waals surface area contributed by atoms with Gasteiger partial charge in [0.05, 0.1) is 5.69 Å². The van der Waals surface area contributed by atoms with Crippen LogP contribution in [0, 0.1) is 0 Å². The molecule has 0 saturated heterocycles. The van der Waals surface area contributed by atoms with Crippen LogP contribution in [0.25, 0.3) is 5.57 Å². The van der Waals surface area contributed by atoms with Crippen LogP contribution < -0.4 is 0 Å². The highest BCUT2D eigenvalue weighted by Gasteiger charge is 2.34. The summed E-state index contributed by atoms with van der Waals surface area (Å²) in [5, 5.41) is 3.52. The fraction of sp³-hybridized carbons (Fsp3) is 0.500. The van der Waals surface area contributed by atoms with Gasteiger partial charge in [0.1, 0.15) is 0 Å². The first-order valence-corrected chi connectivity index (χ1v) is 4.68. The molecule has 0 spiro atoms. The lowest BCUT2D eigenvalue weighted by Gasteiger charge is -2.03. The Bertz CT molecular complexity index is 375. The van der Waals surface area contributed by atoms with Crippen LogP contribution in [-0.4, -0.2) is 9.78 Å². The Morgan fingerprint density at radius 1 is 1.53 bits per heavy atom. The molecule has 0 N–H and O–H groups in total. The fourth-order valence-corrected chi connectivity index (χ4v) is 1.26. The van der Waals surface area contributed by atoms with Gasteiger partial charge < -0.3 is 0 Å². The van der Waals surface area contributed by atoms with Crippen molar-refractivity contribution in [3.8, 4) is 0 Å². The zero-order valence-corrected chi connectivity index (χ0v) is 8.89. The second-order valence-electron chi connectivity index (χ2n) is 3.20. The molecule has 0 aliphatic carbocycles. The lowest BCUT2D eigenvalue weighted by molar-refractivity contribution is -0.141. The third-order valence-electron chi connectivity index (χ3n) is 2.21. The van der Waals surface area contributed by atoms with Crippen molar-refractivity contribution in [2.24, 2.45) is 0 Å². The number of hydrogen-bond donors (Lipinski definition) is 0. The van der Waals surface area contributed by atoms with E-state index in [9.17, 15) is 13.2 Å². The van der Waals surface area contributed by atoms with E-state index < -0.39 is 11.9 Å². The number of alkyl halides is 3. The van der Waals surface area contributed by atoms with Crippen molar-refractivity contribution in [3.05, 3.63) is 23.5 Å². The van der Waals surface area contributed by atoms with Crippen molar-refractivity contribution in [1.29, 1.82) is 0 Å². The Morgan fingerprint density at radius 3 is 2.53 bits per heavy atom. The Kier molecular flexibility index (Phi) is 3.21. The van der Waals surface area contributed by atoms with Crippen molar-refractivity contribution in [3.63, 3.8) is 0 Å². The van der Waals surface area contributed by atoms with E-state index in [0.717, 1.165) is 11.6 Å². The van der Waals surface area contributed by atoms with Crippen molar-refractivity contribution in [2.75, 3.05) is 0 Å². The van der Waals surface area contributed by atoms with Crippen LogP contribution in [0.15, 0.2) is 12.1 Å². The standard InChI is InChI=1S/C10H13F3N2/c1-4-7(3)8-6-9(10(11,12)13)14-15(8)5-2/h4,6H,5H2,1-3H3. The maximum absolute atomic E-state index is 12.4. The third kappa shape index (κ3) is 2.40. The minimum atomic E-state index is -4.37. The van der Waals surface area contributed by atoms with Gasteiger partial charge in [0.2, 0.25) is 0 Å². The van der Waals surface area contributed by atoms with Gasteiger partial charge in [-0.05, 0) is 32.4 Å². The van der Waals surface area contributed by atoms with Crippen LogP contribution in [0.5, 0.6) is 0 Å². The molecule has 0 fully saturated rings. The first-order valence-electron chi connectivity index (χ1n) is 4.68. The monoisotopic (exact) mass is 218 g/mol. The SMILES string of the molecule is CC=C(C)c1cc(C(F)(F)F)nn1CC. The molecule has 1 rings (SSSR count). The van der Waals surface area contributed by atoms with Crippen molar-refractivity contribution >= 4 is 5.57 Å². The highest BCUT2D eigenvalue weighted by molar-refractivity contribution is 5.60. The zero-order chi connectivity index (χ0) is 11.6. The van der Waals surface area contributed by atoms with Gasteiger partial charge in [-0.25, -0.2) is 0 Å². The molecule has 0 saturated carbocycles. The van der Waals surface area contributed by atoms with Crippen molar-refractivity contribution < 1.29 is 13.2 Å². The number of rotatable bonds is 2. The molecular formula is C10H13F3N2. The summed E-state index contributed by atoms with van der Waals surface area (Å²) in [5.41, 5.74) is 0.479. The van der Waals surface area contributed by atoms with Crippen molar-refractivity contribution in [1.82, 2.24) is 9.78 Å². The Balaban J connectivity index is 3.23. The van der Waals surface area contributed by atoms with E-state index >= 15 is 0 Å². The molecule has 5 heteroatoms. The Morgan fingerprint density at radius 2 is 2.13 bits per heavy atom. The lowest BCUT2D eigenvalue weighted by Crippen LogP contribution is -2.07. The van der Waals surface area contributed by atoms with Gasteiger partial charge >= 0.3 is 6.18 Å². The average molecular weight is 218 g/mol. The minimum Gasteiger partial charge on any atom is -0.265 e. The van der Waals surface area contributed by atoms with E-state index in [1.165, 1.54) is 4.68 Å². The summed E-state index contributed by atoms with van der Waals surface area (Å²) >= 11 is 0. The molecule has 15 heavy (non-hydrogen) atoms. The number of allylic oxidation sites excluding steroid dienone is 2. The lowest BCUT2D eigenvalue weighted by atomic mass is 10.2. The molecular weight excluding hydrogens is 205 g/mol. The normalized spacial score (nSPS) is 13.3. The summed E-state index contributed by atoms with van der Waals surface area (Å²) < 4.78 is 38.5. The summed E-state index contributed by atoms with van der Waals surface area (Å²) in [4.78, 5) is 0. The second kappa shape index (κ2) is 4.08. The van der Waals surface area contributed by atoms with E-state index in [0.29, 0.717) is 12.2 Å². The number of hydrogen-bond acceptors (Lipinski definition) is 1. The minimum absolute atomic E-state index is 0.427. The highest BCUT2D eigenvalue weighted by atomic mass is 19.4. The molecule has 0 radical (unpaired) electrons. The third-order valence-corrected chi connectivity index (χ3v) is 2.21. The Labute approximate surface area is 86.4 Å². The van der Waals surface area contributed by atoms with Crippen LogP contribution in [0.4, 0.5) is 13.2 Å². The number of nitrogens with zero attached hydrogens (tertiary/aromatic N) is 2. The summed E-state index contributed by atoms with van der Waals surface area (Å²) in [5.74, 6) is 0. The first kappa shape index (κ1) is 11.8. The molecule has 1 heterocycles. The maximum atomic E-state index is 12.4. The van der Waals surface area contributed by atoms with E-state index in [-0.39, 0.29) is 0 Å². The molecule has 1 aromatic heterocycles. The molecule has 1 aromatic rings. The Hall–Kier alpha value is -1.26. The summed E-state index contributed by atoms with van der Waals surface area (Å²) in [6, 6.07) is 1.08. The van der Waals surface area contributed by atoms with Crippen molar-refractivity contribution in [2.45, 2.75) is 33.5 Å². The highest BCUT2D eigenvalue weighted by Crippen LogP contribution is 2.30. The molecule has 0 bridgehead atoms.